The Morgan fingerprint density at radius 2 is 1.66 bits per heavy atom. The van der Waals surface area contributed by atoms with E-state index < -0.39 is 78.1 Å². The number of methoxy groups -OCH3 is 3. The Morgan fingerprint density at radius 1 is 0.906 bits per heavy atom. The van der Waals surface area contributed by atoms with Crippen molar-refractivity contribution in [1.29, 1.82) is 0 Å². The van der Waals surface area contributed by atoms with Crippen molar-refractivity contribution < 1.29 is 67.1 Å². The second-order valence-electron chi connectivity index (χ2n) is 19.8. The van der Waals surface area contributed by atoms with E-state index in [1.54, 1.807) is 40.4 Å². The minimum Gasteiger partial charge on any atom is -0.459 e. The van der Waals surface area contributed by atoms with Gasteiger partial charge in [-0.05, 0) is 57.3 Å². The average Bonchev–Trinajstić information content (AvgIpc) is 3.60. The van der Waals surface area contributed by atoms with Crippen molar-refractivity contribution in [3.8, 4) is 0 Å². The van der Waals surface area contributed by atoms with E-state index in [2.05, 4.69) is 46.8 Å². The number of allylic oxidation sites excluding steroid dienone is 2. The van der Waals surface area contributed by atoms with Gasteiger partial charge in [-0.25, -0.2) is 4.79 Å². The minimum absolute atomic E-state index is 0.0291. The zero-order valence-electron chi connectivity index (χ0n) is 40.1. The quantitative estimate of drug-likeness (QED) is 0.193. The zero-order valence-corrected chi connectivity index (χ0v) is 40.1. The van der Waals surface area contributed by atoms with Crippen LogP contribution in [0.15, 0.2) is 59.3 Å². The number of aliphatic hydroxyl groups excluding tert-OH is 1. The van der Waals surface area contributed by atoms with Crippen LogP contribution < -0.4 is 0 Å². The Hall–Kier alpha value is -2.31. The van der Waals surface area contributed by atoms with Gasteiger partial charge in [0.15, 0.2) is 18.4 Å². The number of ether oxygens (including phenoxy) is 11. The van der Waals surface area contributed by atoms with Crippen LogP contribution in [-0.2, 0) is 56.9 Å². The Kier molecular flexibility index (Phi) is 15.6. The standard InChI is InChI=1S/C50H76O14/c1-13-27(2)43-30(5)19-20-49(64-43)24-36-22-35(63-49)18-17-29(4)42(28(3)15-14-16-34-26-57-46-41(51)31(6)21-37(47(52)60-36)50(34,46)53)61-39-23-38(54-10)44(32(7)58-39)62-40-25-48(9,56-12)45(55-11)33(8)59-40/h14-17,19-21,27-28,30-33,35-36,38-46,51,53H,13,18,22-26H2,1-12H3/b15-14+,29-17+,34-16+/t27-,28-,30-,31-,32-,33-,35+,36-,38-,39-,40+,41+,42-,43+,44-,45-,46+,48+,49+,50+/m0/s1. The molecular formula is C50H76O14. The lowest BCUT2D eigenvalue weighted by Crippen LogP contribution is -2.59. The predicted octanol–water partition coefficient (Wildman–Crippen LogP) is 6.42. The third kappa shape index (κ3) is 9.82. The number of hydrogen-bond acceptors (Lipinski definition) is 14. The summed E-state index contributed by atoms with van der Waals surface area (Å²) in [6.45, 7) is 18.4. The van der Waals surface area contributed by atoms with Crippen molar-refractivity contribution in [2.75, 3.05) is 27.9 Å². The summed E-state index contributed by atoms with van der Waals surface area (Å²) >= 11 is 0. The van der Waals surface area contributed by atoms with Gasteiger partial charge in [-0.2, -0.15) is 0 Å². The van der Waals surface area contributed by atoms with Crippen LogP contribution in [0.25, 0.3) is 0 Å². The lowest BCUT2D eigenvalue weighted by molar-refractivity contribution is -0.330. The van der Waals surface area contributed by atoms with Gasteiger partial charge in [0, 0.05) is 64.8 Å². The van der Waals surface area contributed by atoms with Crippen molar-refractivity contribution in [2.45, 2.75) is 198 Å². The number of carbonyl (C=O) groups is 1. The predicted molar refractivity (Wildman–Crippen MR) is 237 cm³/mol. The number of hydrogen-bond donors (Lipinski definition) is 2. The fraction of sp³-hybridized carbons (Fsp3) is 0.780. The number of rotatable bonds is 9. The van der Waals surface area contributed by atoms with Gasteiger partial charge in [0.25, 0.3) is 0 Å². The maximum atomic E-state index is 14.4. The van der Waals surface area contributed by atoms with Gasteiger partial charge in [-0.15, -0.1) is 0 Å². The lowest BCUT2D eigenvalue weighted by atomic mass is 9.72. The third-order valence-corrected chi connectivity index (χ3v) is 15.2. The van der Waals surface area contributed by atoms with E-state index in [-0.39, 0.29) is 60.5 Å². The molecule has 0 amide bonds. The summed E-state index contributed by atoms with van der Waals surface area (Å²) in [5.41, 5.74) is -1.01. The number of aliphatic hydroxyl groups is 2. The van der Waals surface area contributed by atoms with Crippen molar-refractivity contribution in [1.82, 2.24) is 0 Å². The van der Waals surface area contributed by atoms with Crippen LogP contribution in [0.1, 0.15) is 101 Å². The Balaban J connectivity index is 1.18. The summed E-state index contributed by atoms with van der Waals surface area (Å²) in [7, 11) is 5.02. The Morgan fingerprint density at radius 3 is 2.36 bits per heavy atom. The molecule has 14 nitrogen and oxygen atoms in total. The molecule has 64 heavy (non-hydrogen) atoms. The molecule has 0 saturated carbocycles. The first-order chi connectivity index (χ1) is 30.4. The molecule has 20 atom stereocenters. The first kappa shape index (κ1) is 49.6. The van der Waals surface area contributed by atoms with Gasteiger partial charge in [0.2, 0.25) is 0 Å². The first-order valence-corrected chi connectivity index (χ1v) is 23.7. The molecule has 0 aromatic heterocycles. The largest absolute Gasteiger partial charge is 0.459 e. The molecule has 0 unspecified atom stereocenters. The van der Waals surface area contributed by atoms with Gasteiger partial charge in [0.05, 0.1) is 60.5 Å². The zero-order chi connectivity index (χ0) is 46.3. The minimum atomic E-state index is -1.89. The molecule has 7 aliphatic rings. The Bertz CT molecular complexity index is 1790. The smallest absolute Gasteiger partial charge is 0.337 e. The van der Waals surface area contributed by atoms with Crippen LogP contribution in [0.5, 0.6) is 0 Å². The number of fused-ring (bicyclic) bond motifs is 2. The normalized spacial score (nSPS) is 49.2. The van der Waals surface area contributed by atoms with E-state index in [1.165, 1.54) is 0 Å². The van der Waals surface area contributed by atoms with Crippen molar-refractivity contribution in [3.05, 3.63) is 59.3 Å². The summed E-state index contributed by atoms with van der Waals surface area (Å²) in [5.74, 6) is -1.96. The first-order valence-electron chi connectivity index (χ1n) is 23.7. The number of esters is 1. The fourth-order valence-corrected chi connectivity index (χ4v) is 11.2. The molecule has 1 aliphatic carbocycles. The van der Waals surface area contributed by atoms with Crippen LogP contribution in [0.3, 0.4) is 0 Å². The van der Waals surface area contributed by atoms with Gasteiger partial charge in [-0.3, -0.25) is 0 Å². The lowest BCUT2D eigenvalue weighted by Gasteiger charge is -2.48. The fourth-order valence-electron chi connectivity index (χ4n) is 11.2. The van der Waals surface area contributed by atoms with Crippen LogP contribution in [0.4, 0.5) is 0 Å². The SMILES string of the molecule is CC[C@H](C)[C@H]1O[C@]2(C=C[C@@H]1C)C[C@@H]1C[C@@H](C/C=C(\C)[C@@H](O[C@H]3C[C@H](OC)[C@@H](O[C@@H]4C[C@@](C)(OC)[C@@H](OC)[C@H](C)O4)[C@H](C)O3)[C@@H](C)/C=C/C=C3\CO[C@@H]4[C@H](O)[C@@H](C)C=C(C(=O)O1)[C@]34O)O2. The van der Waals surface area contributed by atoms with E-state index >= 15 is 0 Å². The van der Waals surface area contributed by atoms with Crippen LogP contribution in [-0.4, -0.2) is 141 Å². The maximum absolute atomic E-state index is 14.4. The molecule has 0 aromatic rings. The molecule has 1 spiro atoms. The highest BCUT2D eigenvalue weighted by Gasteiger charge is 2.59. The topological polar surface area (TPSA) is 159 Å². The molecule has 7 rings (SSSR count). The van der Waals surface area contributed by atoms with Crippen molar-refractivity contribution >= 4 is 5.97 Å². The molecule has 14 heteroatoms. The highest BCUT2D eigenvalue weighted by Crippen LogP contribution is 2.47. The monoisotopic (exact) mass is 901 g/mol. The second kappa shape index (κ2) is 20.1. The van der Waals surface area contributed by atoms with E-state index in [9.17, 15) is 15.0 Å². The van der Waals surface area contributed by atoms with Crippen LogP contribution in [0, 0.1) is 23.7 Å². The van der Waals surface area contributed by atoms with E-state index in [1.807, 2.05) is 39.0 Å². The van der Waals surface area contributed by atoms with Crippen molar-refractivity contribution in [3.63, 3.8) is 0 Å². The van der Waals surface area contributed by atoms with E-state index in [0.717, 1.165) is 12.0 Å². The molecular weight excluding hydrogens is 825 g/mol. The van der Waals surface area contributed by atoms with Crippen LogP contribution in [0.2, 0.25) is 0 Å². The summed E-state index contributed by atoms with van der Waals surface area (Å²) in [6, 6.07) is 0. The Labute approximate surface area is 380 Å². The second-order valence-corrected chi connectivity index (χ2v) is 19.8. The molecule has 4 fully saturated rings. The summed E-state index contributed by atoms with van der Waals surface area (Å²) < 4.78 is 70.5. The molecule has 4 saturated heterocycles. The molecule has 360 valence electrons. The molecule has 0 radical (unpaired) electrons. The highest BCUT2D eigenvalue weighted by atomic mass is 16.7. The average molecular weight is 901 g/mol. The summed E-state index contributed by atoms with van der Waals surface area (Å²) in [5, 5.41) is 23.8. The summed E-state index contributed by atoms with van der Waals surface area (Å²) in [4.78, 5) is 14.4. The van der Waals surface area contributed by atoms with Gasteiger partial charge >= 0.3 is 5.97 Å². The third-order valence-electron chi connectivity index (χ3n) is 15.2. The van der Waals surface area contributed by atoms with Crippen molar-refractivity contribution in [2.24, 2.45) is 23.7 Å². The van der Waals surface area contributed by atoms with E-state index in [0.29, 0.717) is 37.7 Å². The van der Waals surface area contributed by atoms with Gasteiger partial charge in [0.1, 0.15) is 30.0 Å². The molecule has 2 N–H and O–H groups in total. The molecule has 0 aromatic carbocycles. The van der Waals surface area contributed by atoms with Gasteiger partial charge in [-0.1, -0.05) is 77.5 Å². The van der Waals surface area contributed by atoms with Crippen LogP contribution >= 0.6 is 0 Å². The molecule has 6 heterocycles. The highest BCUT2D eigenvalue weighted by molar-refractivity contribution is 5.93. The maximum Gasteiger partial charge on any atom is 0.337 e. The van der Waals surface area contributed by atoms with E-state index in [4.69, 9.17) is 52.1 Å². The molecule has 2 bridgehead atoms. The number of carbonyl (C=O) groups excluding carboxylic acids is 1. The van der Waals surface area contributed by atoms with Gasteiger partial charge < -0.3 is 62.3 Å². The summed E-state index contributed by atoms with van der Waals surface area (Å²) in [6.07, 6.45) is 10.0. The molecule has 6 aliphatic heterocycles.